The first-order valence-electron chi connectivity index (χ1n) is 8.07. The number of furan rings is 1. The highest BCUT2D eigenvalue weighted by atomic mass is 16.5. The normalized spacial score (nSPS) is 15.9. The Morgan fingerprint density at radius 1 is 1.17 bits per heavy atom. The third-order valence-corrected chi connectivity index (χ3v) is 3.90. The van der Waals surface area contributed by atoms with Crippen LogP contribution in [0.4, 0.5) is 0 Å². The second-order valence-corrected chi connectivity index (χ2v) is 5.63. The fraction of sp³-hybridized carbons (Fsp3) is 0.333. The van der Waals surface area contributed by atoms with Crippen molar-refractivity contribution in [2.75, 3.05) is 13.2 Å². The number of nitrogens with one attached hydrogen (secondary N) is 2. The maximum atomic E-state index is 12.1. The molecule has 126 valence electrons. The van der Waals surface area contributed by atoms with Gasteiger partial charge in [0.25, 0.3) is 5.91 Å². The number of rotatable bonds is 6. The minimum Gasteiger partial charge on any atom is -0.493 e. The smallest absolute Gasteiger partial charge is 0.286 e. The fourth-order valence-corrected chi connectivity index (χ4v) is 2.70. The molecule has 1 aromatic carbocycles. The van der Waals surface area contributed by atoms with Gasteiger partial charge in [-0.05, 0) is 24.6 Å². The largest absolute Gasteiger partial charge is 0.493 e. The van der Waals surface area contributed by atoms with E-state index in [0.717, 1.165) is 17.7 Å². The molecule has 0 saturated heterocycles. The van der Waals surface area contributed by atoms with Crippen LogP contribution in [0.15, 0.2) is 47.1 Å². The zero-order valence-corrected chi connectivity index (χ0v) is 13.3. The number of para-hydroxylation sites is 1. The lowest BCUT2D eigenvalue weighted by atomic mass is 10.0. The minimum absolute atomic E-state index is 0.0137. The molecule has 1 atom stereocenters. The van der Waals surface area contributed by atoms with E-state index < -0.39 is 0 Å². The molecular formula is C18H20N2O4. The number of amides is 2. The summed E-state index contributed by atoms with van der Waals surface area (Å²) in [5.41, 5.74) is 1.02. The predicted molar refractivity (Wildman–Crippen MR) is 87.7 cm³/mol. The average molecular weight is 328 g/mol. The van der Waals surface area contributed by atoms with Crippen LogP contribution in [0.25, 0.3) is 0 Å². The van der Waals surface area contributed by atoms with Gasteiger partial charge in [0.15, 0.2) is 5.76 Å². The van der Waals surface area contributed by atoms with Crippen molar-refractivity contribution in [3.05, 3.63) is 54.0 Å². The number of hydrogen-bond donors (Lipinski definition) is 2. The molecule has 0 spiro atoms. The van der Waals surface area contributed by atoms with E-state index in [4.69, 9.17) is 9.15 Å². The van der Waals surface area contributed by atoms with Crippen molar-refractivity contribution in [1.82, 2.24) is 10.6 Å². The summed E-state index contributed by atoms with van der Waals surface area (Å²) in [6.45, 7) is 1.03. The molecule has 6 nitrogen and oxygen atoms in total. The first-order chi connectivity index (χ1) is 11.7. The molecule has 0 unspecified atom stereocenters. The molecule has 2 amide bonds. The number of benzene rings is 1. The second-order valence-electron chi connectivity index (χ2n) is 5.63. The second kappa shape index (κ2) is 7.68. The van der Waals surface area contributed by atoms with Gasteiger partial charge in [-0.25, -0.2) is 0 Å². The van der Waals surface area contributed by atoms with E-state index in [1.54, 1.807) is 12.1 Å². The summed E-state index contributed by atoms with van der Waals surface area (Å²) in [5, 5.41) is 5.77. The Balaban J connectivity index is 1.41. The van der Waals surface area contributed by atoms with Crippen LogP contribution in [0.5, 0.6) is 5.75 Å². The van der Waals surface area contributed by atoms with Crippen molar-refractivity contribution in [2.24, 2.45) is 0 Å². The van der Waals surface area contributed by atoms with Gasteiger partial charge in [-0.1, -0.05) is 18.2 Å². The van der Waals surface area contributed by atoms with Crippen LogP contribution in [0, 0.1) is 0 Å². The standard InChI is InChI=1S/C18H20N2O4/c21-17(8-3-10-19-18(22)16-7-4-11-23-16)20-14-9-12-24-15-6-2-1-5-13(14)15/h1-2,4-7,11,14H,3,8-10,12H2,(H,19,22)(H,20,21)/t14-/m1/s1. The zero-order valence-electron chi connectivity index (χ0n) is 13.3. The number of carbonyl (C=O) groups is 2. The third-order valence-electron chi connectivity index (χ3n) is 3.90. The Labute approximate surface area is 140 Å². The van der Waals surface area contributed by atoms with Gasteiger partial charge in [-0.15, -0.1) is 0 Å². The van der Waals surface area contributed by atoms with Gasteiger partial charge in [0.2, 0.25) is 5.91 Å². The molecular weight excluding hydrogens is 308 g/mol. The zero-order chi connectivity index (χ0) is 16.8. The summed E-state index contributed by atoms with van der Waals surface area (Å²) in [7, 11) is 0. The molecule has 24 heavy (non-hydrogen) atoms. The molecule has 2 aromatic rings. The highest BCUT2D eigenvalue weighted by Gasteiger charge is 2.22. The quantitative estimate of drug-likeness (QED) is 0.798. The lowest BCUT2D eigenvalue weighted by Gasteiger charge is -2.26. The highest BCUT2D eigenvalue weighted by molar-refractivity contribution is 5.91. The van der Waals surface area contributed by atoms with Crippen LogP contribution in [-0.2, 0) is 4.79 Å². The Bertz CT molecular complexity index is 697. The molecule has 0 bridgehead atoms. The summed E-state index contributed by atoms with van der Waals surface area (Å²) >= 11 is 0. The monoisotopic (exact) mass is 328 g/mol. The summed E-state index contributed by atoms with van der Waals surface area (Å²) < 4.78 is 10.6. The van der Waals surface area contributed by atoms with Crippen molar-refractivity contribution >= 4 is 11.8 Å². The van der Waals surface area contributed by atoms with Gasteiger partial charge in [0.05, 0.1) is 18.9 Å². The maximum Gasteiger partial charge on any atom is 0.286 e. The van der Waals surface area contributed by atoms with Crippen LogP contribution in [-0.4, -0.2) is 25.0 Å². The number of fused-ring (bicyclic) bond motifs is 1. The Hall–Kier alpha value is -2.76. The van der Waals surface area contributed by atoms with Crippen LogP contribution < -0.4 is 15.4 Å². The lowest BCUT2D eigenvalue weighted by molar-refractivity contribution is -0.122. The van der Waals surface area contributed by atoms with E-state index in [9.17, 15) is 9.59 Å². The fourth-order valence-electron chi connectivity index (χ4n) is 2.70. The van der Waals surface area contributed by atoms with E-state index >= 15 is 0 Å². The van der Waals surface area contributed by atoms with Gasteiger partial charge in [0, 0.05) is 24.9 Å². The molecule has 0 fully saturated rings. The highest BCUT2D eigenvalue weighted by Crippen LogP contribution is 2.31. The predicted octanol–water partition coefficient (Wildman–Crippen LogP) is 2.43. The Morgan fingerprint density at radius 3 is 2.88 bits per heavy atom. The molecule has 1 aliphatic heterocycles. The number of hydrogen-bond acceptors (Lipinski definition) is 4. The molecule has 6 heteroatoms. The van der Waals surface area contributed by atoms with Gasteiger partial charge in [-0.2, -0.15) is 0 Å². The van der Waals surface area contributed by atoms with Crippen molar-refractivity contribution < 1.29 is 18.7 Å². The van der Waals surface area contributed by atoms with Crippen LogP contribution in [0.3, 0.4) is 0 Å². The molecule has 1 aromatic heterocycles. The molecule has 2 heterocycles. The Morgan fingerprint density at radius 2 is 2.04 bits per heavy atom. The van der Waals surface area contributed by atoms with E-state index in [1.807, 2.05) is 24.3 Å². The summed E-state index contributed by atoms with van der Waals surface area (Å²) in [4.78, 5) is 23.8. The van der Waals surface area contributed by atoms with Crippen molar-refractivity contribution in [3.63, 3.8) is 0 Å². The maximum absolute atomic E-state index is 12.1. The summed E-state index contributed by atoms with van der Waals surface area (Å²) in [6, 6.07) is 11.0. The molecule has 0 radical (unpaired) electrons. The lowest BCUT2D eigenvalue weighted by Crippen LogP contribution is -2.32. The van der Waals surface area contributed by atoms with Crippen LogP contribution in [0.1, 0.15) is 41.4 Å². The van der Waals surface area contributed by atoms with Gasteiger partial charge in [-0.3, -0.25) is 9.59 Å². The van der Waals surface area contributed by atoms with E-state index in [1.165, 1.54) is 6.26 Å². The minimum atomic E-state index is -0.265. The summed E-state index contributed by atoms with van der Waals surface area (Å²) in [5.74, 6) is 0.820. The van der Waals surface area contributed by atoms with E-state index in [2.05, 4.69) is 10.6 Å². The SMILES string of the molecule is O=C(CCCNC(=O)c1ccco1)N[C@@H]1CCOc2ccccc21. The number of ether oxygens (including phenoxy) is 1. The van der Waals surface area contributed by atoms with Crippen LogP contribution >= 0.6 is 0 Å². The molecule has 0 saturated carbocycles. The van der Waals surface area contributed by atoms with Crippen molar-refractivity contribution in [3.8, 4) is 5.75 Å². The van der Waals surface area contributed by atoms with Crippen LogP contribution in [0.2, 0.25) is 0 Å². The van der Waals surface area contributed by atoms with Gasteiger partial charge >= 0.3 is 0 Å². The van der Waals surface area contributed by atoms with Crippen molar-refractivity contribution in [2.45, 2.75) is 25.3 Å². The number of carbonyl (C=O) groups excluding carboxylic acids is 2. The van der Waals surface area contributed by atoms with E-state index in [0.29, 0.717) is 26.0 Å². The average Bonchev–Trinajstić information content (AvgIpc) is 3.14. The molecule has 2 N–H and O–H groups in total. The van der Waals surface area contributed by atoms with Crippen molar-refractivity contribution in [1.29, 1.82) is 0 Å². The first-order valence-corrected chi connectivity index (χ1v) is 8.07. The molecule has 3 rings (SSSR count). The molecule has 0 aliphatic carbocycles. The topological polar surface area (TPSA) is 80.6 Å². The summed E-state index contributed by atoms with van der Waals surface area (Å²) in [6.07, 6.45) is 3.15. The van der Waals surface area contributed by atoms with Gasteiger partial charge in [0.1, 0.15) is 5.75 Å². The molecule has 1 aliphatic rings. The van der Waals surface area contributed by atoms with Gasteiger partial charge < -0.3 is 19.8 Å². The Kier molecular flexibility index (Phi) is 5.15. The third kappa shape index (κ3) is 3.95. The van der Waals surface area contributed by atoms with E-state index in [-0.39, 0.29) is 23.6 Å². The first kappa shape index (κ1) is 16.1.